The lowest BCUT2D eigenvalue weighted by molar-refractivity contribution is -0.130. The summed E-state index contributed by atoms with van der Waals surface area (Å²) in [6, 6.07) is 0. The quantitative estimate of drug-likeness (QED) is 0.713. The molecule has 1 aliphatic rings. The molecule has 0 radical (unpaired) electrons. The van der Waals surface area contributed by atoms with Crippen LogP contribution in [0.2, 0.25) is 0 Å². The number of amides is 2. The van der Waals surface area contributed by atoms with E-state index in [2.05, 4.69) is 11.8 Å². The van der Waals surface area contributed by atoms with Crippen LogP contribution in [0.1, 0.15) is 33.1 Å². The van der Waals surface area contributed by atoms with Gasteiger partial charge in [-0.3, -0.25) is 9.69 Å². The van der Waals surface area contributed by atoms with Gasteiger partial charge < -0.3 is 14.5 Å². The fourth-order valence-electron chi connectivity index (χ4n) is 2.33. The fourth-order valence-corrected chi connectivity index (χ4v) is 2.33. The summed E-state index contributed by atoms with van der Waals surface area (Å²) in [4.78, 5) is 29.3. The summed E-state index contributed by atoms with van der Waals surface area (Å²) in [6.45, 7) is 8.94. The minimum absolute atomic E-state index is 0.205. The van der Waals surface area contributed by atoms with E-state index >= 15 is 0 Å². The van der Waals surface area contributed by atoms with Crippen molar-refractivity contribution in [2.45, 2.75) is 33.1 Å². The van der Waals surface area contributed by atoms with Crippen molar-refractivity contribution in [3.05, 3.63) is 0 Å². The standard InChI is InChI=1S/C15H29N3O3/c1-4-6-8-16(3)14(19)7-9-17-10-12-18(13-11-17)15(20)21-5-2/h4-13H2,1-3H3. The van der Waals surface area contributed by atoms with Crippen LogP contribution in [-0.4, -0.2) is 79.6 Å². The molecule has 0 aromatic heterocycles. The summed E-state index contributed by atoms with van der Waals surface area (Å²) in [7, 11) is 1.87. The molecule has 6 nitrogen and oxygen atoms in total. The molecule has 0 bridgehead atoms. The molecule has 1 aliphatic heterocycles. The predicted molar refractivity (Wildman–Crippen MR) is 82.2 cm³/mol. The van der Waals surface area contributed by atoms with Crippen molar-refractivity contribution in [2.24, 2.45) is 0 Å². The first kappa shape index (κ1) is 17.8. The number of hydrogen-bond acceptors (Lipinski definition) is 4. The largest absolute Gasteiger partial charge is 0.450 e. The average molecular weight is 299 g/mol. The van der Waals surface area contributed by atoms with Gasteiger partial charge in [0.1, 0.15) is 0 Å². The molecule has 0 spiro atoms. The van der Waals surface area contributed by atoms with E-state index in [0.29, 0.717) is 26.1 Å². The van der Waals surface area contributed by atoms with Gasteiger partial charge in [-0.2, -0.15) is 0 Å². The number of ether oxygens (including phenoxy) is 1. The van der Waals surface area contributed by atoms with E-state index in [1.54, 1.807) is 4.90 Å². The van der Waals surface area contributed by atoms with Gasteiger partial charge in [0.2, 0.25) is 5.91 Å². The summed E-state index contributed by atoms with van der Waals surface area (Å²) < 4.78 is 4.99. The maximum atomic E-state index is 12.0. The van der Waals surface area contributed by atoms with Gasteiger partial charge >= 0.3 is 6.09 Å². The second-order valence-corrected chi connectivity index (χ2v) is 5.45. The maximum absolute atomic E-state index is 12.0. The number of rotatable bonds is 7. The summed E-state index contributed by atoms with van der Waals surface area (Å²) in [5.41, 5.74) is 0. The average Bonchev–Trinajstić information content (AvgIpc) is 2.50. The van der Waals surface area contributed by atoms with Crippen molar-refractivity contribution in [1.82, 2.24) is 14.7 Å². The topological polar surface area (TPSA) is 53.1 Å². The molecule has 1 heterocycles. The number of carbonyl (C=O) groups excluding carboxylic acids is 2. The Morgan fingerprint density at radius 3 is 2.38 bits per heavy atom. The molecule has 0 aliphatic carbocycles. The molecule has 21 heavy (non-hydrogen) atoms. The van der Waals surface area contributed by atoms with E-state index in [1.165, 1.54) is 0 Å². The predicted octanol–water partition coefficient (Wildman–Crippen LogP) is 1.41. The molecule has 122 valence electrons. The van der Waals surface area contributed by atoms with E-state index in [4.69, 9.17) is 4.74 Å². The van der Waals surface area contributed by atoms with Crippen molar-refractivity contribution in [1.29, 1.82) is 0 Å². The van der Waals surface area contributed by atoms with Crippen LogP contribution in [0.3, 0.4) is 0 Å². The minimum atomic E-state index is -0.229. The number of unbranched alkanes of at least 4 members (excludes halogenated alkanes) is 1. The summed E-state index contributed by atoms with van der Waals surface area (Å²) in [5, 5.41) is 0. The number of piperazine rings is 1. The number of carbonyl (C=O) groups is 2. The number of nitrogens with zero attached hydrogens (tertiary/aromatic N) is 3. The summed E-state index contributed by atoms with van der Waals surface area (Å²) in [6.07, 6.45) is 2.49. The Morgan fingerprint density at radius 1 is 1.14 bits per heavy atom. The SMILES string of the molecule is CCCCN(C)C(=O)CCN1CCN(C(=O)OCC)CC1. The van der Waals surface area contributed by atoms with Gasteiger partial charge in [0.25, 0.3) is 0 Å². The van der Waals surface area contributed by atoms with Crippen LogP contribution < -0.4 is 0 Å². The Kier molecular flexibility index (Phi) is 8.12. The first-order valence-electron chi connectivity index (χ1n) is 7.96. The zero-order valence-electron chi connectivity index (χ0n) is 13.6. The lowest BCUT2D eigenvalue weighted by Crippen LogP contribution is -2.49. The molecule has 2 amide bonds. The van der Waals surface area contributed by atoms with Crippen LogP contribution in [-0.2, 0) is 9.53 Å². The highest BCUT2D eigenvalue weighted by Gasteiger charge is 2.22. The van der Waals surface area contributed by atoms with Gasteiger partial charge in [0.05, 0.1) is 6.61 Å². The van der Waals surface area contributed by atoms with E-state index in [0.717, 1.165) is 39.0 Å². The highest BCUT2D eigenvalue weighted by Crippen LogP contribution is 2.05. The second kappa shape index (κ2) is 9.60. The summed E-state index contributed by atoms with van der Waals surface area (Å²) >= 11 is 0. The van der Waals surface area contributed by atoms with Crippen molar-refractivity contribution < 1.29 is 14.3 Å². The van der Waals surface area contributed by atoms with Crippen LogP contribution in [0.15, 0.2) is 0 Å². The molecule has 1 fully saturated rings. The van der Waals surface area contributed by atoms with E-state index in [-0.39, 0.29) is 12.0 Å². The third kappa shape index (κ3) is 6.33. The van der Waals surface area contributed by atoms with Gasteiger partial charge in [-0.05, 0) is 13.3 Å². The third-order valence-corrected chi connectivity index (χ3v) is 3.81. The molecular formula is C15H29N3O3. The van der Waals surface area contributed by atoms with Gasteiger partial charge in [-0.1, -0.05) is 13.3 Å². The second-order valence-electron chi connectivity index (χ2n) is 5.45. The Morgan fingerprint density at radius 2 is 1.81 bits per heavy atom. The van der Waals surface area contributed by atoms with E-state index < -0.39 is 0 Å². The number of hydrogen-bond donors (Lipinski definition) is 0. The molecule has 0 saturated carbocycles. The van der Waals surface area contributed by atoms with Crippen LogP contribution in [0.25, 0.3) is 0 Å². The van der Waals surface area contributed by atoms with Gasteiger partial charge in [-0.15, -0.1) is 0 Å². The molecule has 0 aromatic carbocycles. The van der Waals surface area contributed by atoms with Crippen LogP contribution in [0.5, 0.6) is 0 Å². The van der Waals surface area contributed by atoms with Crippen LogP contribution in [0.4, 0.5) is 4.79 Å². The van der Waals surface area contributed by atoms with Crippen LogP contribution >= 0.6 is 0 Å². The molecule has 1 saturated heterocycles. The Labute approximate surface area is 128 Å². The molecule has 0 atom stereocenters. The molecule has 1 rings (SSSR count). The Hall–Kier alpha value is -1.30. The van der Waals surface area contributed by atoms with Crippen molar-refractivity contribution >= 4 is 12.0 Å². The zero-order chi connectivity index (χ0) is 15.7. The Bertz CT molecular complexity index is 328. The first-order valence-corrected chi connectivity index (χ1v) is 7.96. The van der Waals surface area contributed by atoms with Gasteiger partial charge in [0.15, 0.2) is 0 Å². The van der Waals surface area contributed by atoms with Crippen molar-refractivity contribution in [3.8, 4) is 0 Å². The van der Waals surface area contributed by atoms with E-state index in [9.17, 15) is 9.59 Å². The van der Waals surface area contributed by atoms with Crippen molar-refractivity contribution in [3.63, 3.8) is 0 Å². The lowest BCUT2D eigenvalue weighted by atomic mass is 10.2. The monoisotopic (exact) mass is 299 g/mol. The highest BCUT2D eigenvalue weighted by atomic mass is 16.6. The maximum Gasteiger partial charge on any atom is 0.409 e. The van der Waals surface area contributed by atoms with Crippen LogP contribution in [0, 0.1) is 0 Å². The lowest BCUT2D eigenvalue weighted by Gasteiger charge is -2.34. The van der Waals surface area contributed by atoms with E-state index in [1.807, 2.05) is 18.9 Å². The smallest absolute Gasteiger partial charge is 0.409 e. The molecule has 0 N–H and O–H groups in total. The van der Waals surface area contributed by atoms with Crippen molar-refractivity contribution in [2.75, 3.05) is 52.9 Å². The molecule has 0 aromatic rings. The normalized spacial score (nSPS) is 15.9. The zero-order valence-corrected chi connectivity index (χ0v) is 13.6. The molecule has 0 unspecified atom stereocenters. The Balaban J connectivity index is 2.21. The van der Waals surface area contributed by atoms with Gasteiger partial charge in [-0.25, -0.2) is 4.79 Å². The summed E-state index contributed by atoms with van der Waals surface area (Å²) in [5.74, 6) is 0.205. The molecular weight excluding hydrogens is 270 g/mol. The highest BCUT2D eigenvalue weighted by molar-refractivity contribution is 5.76. The van der Waals surface area contributed by atoms with Gasteiger partial charge in [0, 0.05) is 52.7 Å². The molecule has 6 heteroatoms. The first-order chi connectivity index (χ1) is 10.1. The minimum Gasteiger partial charge on any atom is -0.450 e. The third-order valence-electron chi connectivity index (χ3n) is 3.81. The fraction of sp³-hybridized carbons (Fsp3) is 0.867.